The molecule has 1 saturated heterocycles. The van der Waals surface area contributed by atoms with Crippen molar-refractivity contribution in [2.75, 3.05) is 36.8 Å². The van der Waals surface area contributed by atoms with Crippen LogP contribution in [0.25, 0.3) is 0 Å². The van der Waals surface area contributed by atoms with Gasteiger partial charge in [-0.3, -0.25) is 9.59 Å². The van der Waals surface area contributed by atoms with E-state index in [-0.39, 0.29) is 17.9 Å². The van der Waals surface area contributed by atoms with E-state index in [0.29, 0.717) is 47.0 Å². The Balaban J connectivity index is 1.32. The molecule has 0 unspecified atom stereocenters. The summed E-state index contributed by atoms with van der Waals surface area (Å²) in [5.41, 5.74) is 1.60. The number of benzene rings is 2. The lowest BCUT2D eigenvalue weighted by Gasteiger charge is -2.36. The molecule has 0 bridgehead atoms. The SMILES string of the molecule is CCn1c(SCC(=O)N2CCN(c3ccccc3)CC2)nnc1[C@@H](C)NC(=O)c1ccccc1Cl. The Kier molecular flexibility index (Phi) is 8.30. The molecular weight excluding hydrogens is 484 g/mol. The molecule has 3 aromatic rings. The van der Waals surface area contributed by atoms with Gasteiger partial charge < -0.3 is 19.7 Å². The molecule has 0 radical (unpaired) electrons. The number of rotatable bonds is 8. The third-order valence-electron chi connectivity index (χ3n) is 5.99. The molecule has 184 valence electrons. The molecule has 4 rings (SSSR count). The summed E-state index contributed by atoms with van der Waals surface area (Å²) < 4.78 is 1.93. The zero-order chi connectivity index (χ0) is 24.8. The predicted octanol–water partition coefficient (Wildman–Crippen LogP) is 3.88. The number of nitrogens with zero attached hydrogens (tertiary/aromatic N) is 5. The van der Waals surface area contributed by atoms with Crippen LogP contribution in [0.4, 0.5) is 5.69 Å². The predicted molar refractivity (Wildman–Crippen MR) is 139 cm³/mol. The van der Waals surface area contributed by atoms with Crippen molar-refractivity contribution in [3.8, 4) is 0 Å². The van der Waals surface area contributed by atoms with Crippen LogP contribution < -0.4 is 10.2 Å². The molecule has 0 spiro atoms. The highest BCUT2D eigenvalue weighted by Crippen LogP contribution is 2.23. The quantitative estimate of drug-likeness (QED) is 0.461. The number of anilines is 1. The molecule has 1 aliphatic rings. The number of piperazine rings is 1. The van der Waals surface area contributed by atoms with Crippen molar-refractivity contribution in [1.29, 1.82) is 0 Å². The normalized spacial score (nSPS) is 14.6. The first kappa shape index (κ1) is 25.1. The zero-order valence-corrected chi connectivity index (χ0v) is 21.4. The molecule has 2 heterocycles. The Labute approximate surface area is 214 Å². The summed E-state index contributed by atoms with van der Waals surface area (Å²) in [7, 11) is 0. The third kappa shape index (κ3) is 5.97. The maximum atomic E-state index is 12.8. The summed E-state index contributed by atoms with van der Waals surface area (Å²) in [6.07, 6.45) is 0. The highest BCUT2D eigenvalue weighted by molar-refractivity contribution is 7.99. The van der Waals surface area contributed by atoms with E-state index in [1.54, 1.807) is 24.3 Å². The molecule has 1 atom stereocenters. The standard InChI is InChI=1S/C25H29ClN6O2S/c1-3-32-23(18(2)27-24(34)20-11-7-8-12-21(20)26)28-29-25(32)35-17-22(33)31-15-13-30(14-16-31)19-9-5-4-6-10-19/h4-12,18H,3,13-17H2,1-2H3,(H,27,34)/t18-/m1/s1. The van der Waals surface area contributed by atoms with Gasteiger partial charge in [0.05, 0.1) is 22.4 Å². The second-order valence-electron chi connectivity index (χ2n) is 8.25. The number of aromatic nitrogens is 3. The van der Waals surface area contributed by atoms with Gasteiger partial charge in [-0.1, -0.05) is 53.7 Å². The first-order valence-corrected chi connectivity index (χ1v) is 13.0. The second-order valence-corrected chi connectivity index (χ2v) is 9.60. The van der Waals surface area contributed by atoms with Crippen LogP contribution in [0.15, 0.2) is 59.8 Å². The van der Waals surface area contributed by atoms with Crippen LogP contribution in [0, 0.1) is 0 Å². The minimum Gasteiger partial charge on any atom is -0.368 e. The number of para-hydroxylation sites is 1. The Morgan fingerprint density at radius 2 is 1.71 bits per heavy atom. The van der Waals surface area contributed by atoms with E-state index in [9.17, 15) is 9.59 Å². The van der Waals surface area contributed by atoms with Crippen LogP contribution >= 0.6 is 23.4 Å². The lowest BCUT2D eigenvalue weighted by Crippen LogP contribution is -2.49. The van der Waals surface area contributed by atoms with Crippen molar-refractivity contribution in [1.82, 2.24) is 25.0 Å². The van der Waals surface area contributed by atoms with Gasteiger partial charge in [-0.15, -0.1) is 10.2 Å². The van der Waals surface area contributed by atoms with Crippen molar-refractivity contribution < 1.29 is 9.59 Å². The summed E-state index contributed by atoms with van der Waals surface area (Å²) in [6.45, 7) is 7.51. The van der Waals surface area contributed by atoms with E-state index >= 15 is 0 Å². The van der Waals surface area contributed by atoms with Gasteiger partial charge in [0.1, 0.15) is 0 Å². The molecule has 1 fully saturated rings. The van der Waals surface area contributed by atoms with Crippen LogP contribution in [-0.4, -0.2) is 63.4 Å². The first-order valence-electron chi connectivity index (χ1n) is 11.7. The Morgan fingerprint density at radius 3 is 2.40 bits per heavy atom. The largest absolute Gasteiger partial charge is 0.368 e. The number of hydrogen-bond acceptors (Lipinski definition) is 6. The molecule has 1 N–H and O–H groups in total. The maximum absolute atomic E-state index is 12.8. The summed E-state index contributed by atoms with van der Waals surface area (Å²) in [5, 5.41) is 12.6. The maximum Gasteiger partial charge on any atom is 0.253 e. The van der Waals surface area contributed by atoms with Gasteiger partial charge in [-0.2, -0.15) is 0 Å². The average molecular weight is 513 g/mol. The van der Waals surface area contributed by atoms with E-state index in [1.165, 1.54) is 17.4 Å². The van der Waals surface area contributed by atoms with Crippen LogP contribution in [0.1, 0.15) is 36.1 Å². The fourth-order valence-corrected chi connectivity index (χ4v) is 5.21. The number of amides is 2. The monoisotopic (exact) mass is 512 g/mol. The fourth-order valence-electron chi connectivity index (χ4n) is 4.08. The number of hydrogen-bond donors (Lipinski definition) is 1. The van der Waals surface area contributed by atoms with Crippen molar-refractivity contribution in [2.45, 2.75) is 31.6 Å². The minimum atomic E-state index is -0.373. The number of thioether (sulfide) groups is 1. The second kappa shape index (κ2) is 11.6. The first-order chi connectivity index (χ1) is 17.0. The van der Waals surface area contributed by atoms with E-state index in [2.05, 4.69) is 32.5 Å². The van der Waals surface area contributed by atoms with E-state index in [1.807, 2.05) is 41.5 Å². The lowest BCUT2D eigenvalue weighted by atomic mass is 10.2. The van der Waals surface area contributed by atoms with Gasteiger partial charge in [0.15, 0.2) is 11.0 Å². The highest BCUT2D eigenvalue weighted by Gasteiger charge is 2.24. The summed E-state index contributed by atoms with van der Waals surface area (Å²) in [5.74, 6) is 0.756. The topological polar surface area (TPSA) is 83.4 Å². The highest BCUT2D eigenvalue weighted by atomic mass is 35.5. The number of carbonyl (C=O) groups excluding carboxylic acids is 2. The Hall–Kier alpha value is -3.04. The number of nitrogens with one attached hydrogen (secondary N) is 1. The summed E-state index contributed by atoms with van der Waals surface area (Å²) >= 11 is 7.53. The molecule has 1 aliphatic heterocycles. The lowest BCUT2D eigenvalue weighted by molar-refractivity contribution is -0.128. The molecular formula is C25H29ClN6O2S. The smallest absolute Gasteiger partial charge is 0.253 e. The minimum absolute atomic E-state index is 0.0926. The molecule has 0 aliphatic carbocycles. The molecule has 2 aromatic carbocycles. The molecule has 8 nitrogen and oxygen atoms in total. The van der Waals surface area contributed by atoms with Gasteiger partial charge in [0.2, 0.25) is 5.91 Å². The molecule has 1 aromatic heterocycles. The molecule has 10 heteroatoms. The van der Waals surface area contributed by atoms with Crippen LogP contribution in [0.5, 0.6) is 0 Å². The van der Waals surface area contributed by atoms with Gasteiger partial charge in [0.25, 0.3) is 5.91 Å². The Bertz CT molecular complexity index is 1160. The Morgan fingerprint density at radius 1 is 1.03 bits per heavy atom. The van der Waals surface area contributed by atoms with Crippen molar-refractivity contribution in [3.63, 3.8) is 0 Å². The molecule has 35 heavy (non-hydrogen) atoms. The van der Waals surface area contributed by atoms with Crippen molar-refractivity contribution in [3.05, 3.63) is 71.0 Å². The van der Waals surface area contributed by atoms with Gasteiger partial charge in [-0.05, 0) is 38.1 Å². The number of halogens is 1. The number of carbonyl (C=O) groups is 2. The molecule has 2 amide bonds. The van der Waals surface area contributed by atoms with Gasteiger partial charge in [0, 0.05) is 38.4 Å². The van der Waals surface area contributed by atoms with Gasteiger partial charge in [-0.25, -0.2) is 0 Å². The van der Waals surface area contributed by atoms with E-state index in [0.717, 1.165) is 13.1 Å². The van der Waals surface area contributed by atoms with E-state index < -0.39 is 0 Å². The van der Waals surface area contributed by atoms with Crippen LogP contribution in [0.3, 0.4) is 0 Å². The summed E-state index contributed by atoms with van der Waals surface area (Å²) in [4.78, 5) is 29.7. The summed E-state index contributed by atoms with van der Waals surface area (Å²) in [6, 6.07) is 16.8. The van der Waals surface area contributed by atoms with Gasteiger partial charge >= 0.3 is 0 Å². The third-order valence-corrected chi connectivity index (χ3v) is 7.27. The van der Waals surface area contributed by atoms with Crippen LogP contribution in [-0.2, 0) is 11.3 Å². The van der Waals surface area contributed by atoms with E-state index in [4.69, 9.17) is 11.6 Å². The fraction of sp³-hybridized carbons (Fsp3) is 0.360. The van der Waals surface area contributed by atoms with Crippen LogP contribution in [0.2, 0.25) is 5.02 Å². The zero-order valence-electron chi connectivity index (χ0n) is 19.9. The molecule has 0 saturated carbocycles. The van der Waals surface area contributed by atoms with Crippen molar-refractivity contribution >= 4 is 40.9 Å². The van der Waals surface area contributed by atoms with Crippen molar-refractivity contribution in [2.24, 2.45) is 0 Å². The average Bonchev–Trinajstić information content (AvgIpc) is 3.31.